The molecule has 0 aliphatic carbocycles. The van der Waals surface area contributed by atoms with Crippen LogP contribution in [0.2, 0.25) is 0 Å². The summed E-state index contributed by atoms with van der Waals surface area (Å²) in [5, 5.41) is 11.4. The van der Waals surface area contributed by atoms with Gasteiger partial charge in [-0.05, 0) is 23.3 Å². The minimum absolute atomic E-state index is 0.0188. The van der Waals surface area contributed by atoms with Gasteiger partial charge < -0.3 is 11.1 Å². The number of nitrogen functional groups attached to an aromatic ring is 1. The Morgan fingerprint density at radius 3 is 1.76 bits per heavy atom. The molecule has 1 heterocycles. The molecule has 104 valence electrons. The zero-order valence-electron chi connectivity index (χ0n) is 11.5. The number of hydrogen-bond acceptors (Lipinski definition) is 4. The third-order valence-corrected chi connectivity index (χ3v) is 3.24. The maximum absolute atomic E-state index is 5.58. The second-order valence-corrected chi connectivity index (χ2v) is 4.74. The lowest BCUT2D eigenvalue weighted by Gasteiger charge is -2.20. The molecule has 4 heteroatoms. The van der Waals surface area contributed by atoms with Crippen LogP contribution in [-0.4, -0.2) is 10.2 Å². The quantitative estimate of drug-likeness (QED) is 0.767. The third kappa shape index (κ3) is 3.17. The zero-order valence-corrected chi connectivity index (χ0v) is 11.5. The molecule has 2 aromatic carbocycles. The fraction of sp³-hybridized carbons (Fsp3) is 0.0588. The molecule has 0 radical (unpaired) electrons. The van der Waals surface area contributed by atoms with E-state index in [1.807, 2.05) is 42.5 Å². The second-order valence-electron chi connectivity index (χ2n) is 4.74. The van der Waals surface area contributed by atoms with Crippen molar-refractivity contribution in [1.29, 1.82) is 0 Å². The maximum Gasteiger partial charge on any atom is 0.149 e. The van der Waals surface area contributed by atoms with Gasteiger partial charge in [0.25, 0.3) is 0 Å². The number of nitrogens with zero attached hydrogens (tertiary/aromatic N) is 2. The van der Waals surface area contributed by atoms with Gasteiger partial charge in [-0.1, -0.05) is 60.7 Å². The van der Waals surface area contributed by atoms with Crippen molar-refractivity contribution < 1.29 is 0 Å². The fourth-order valence-corrected chi connectivity index (χ4v) is 2.22. The van der Waals surface area contributed by atoms with Gasteiger partial charge in [0, 0.05) is 0 Å². The first-order valence-electron chi connectivity index (χ1n) is 6.78. The molecular formula is C17H16N4. The Morgan fingerprint density at radius 1 is 0.714 bits per heavy atom. The van der Waals surface area contributed by atoms with Crippen LogP contribution in [0.25, 0.3) is 0 Å². The van der Waals surface area contributed by atoms with Gasteiger partial charge in [-0.3, -0.25) is 0 Å². The average Bonchev–Trinajstić information content (AvgIpc) is 2.56. The molecule has 0 spiro atoms. The van der Waals surface area contributed by atoms with Crippen molar-refractivity contribution in [1.82, 2.24) is 10.2 Å². The van der Waals surface area contributed by atoms with Crippen molar-refractivity contribution in [3.63, 3.8) is 0 Å². The largest absolute Gasteiger partial charge is 0.382 e. The van der Waals surface area contributed by atoms with Gasteiger partial charge in [0.1, 0.15) is 11.6 Å². The van der Waals surface area contributed by atoms with Crippen LogP contribution in [0.1, 0.15) is 17.2 Å². The predicted octanol–water partition coefficient (Wildman–Crippen LogP) is 3.26. The van der Waals surface area contributed by atoms with Crippen LogP contribution in [-0.2, 0) is 0 Å². The molecule has 0 aliphatic rings. The molecule has 4 nitrogen and oxygen atoms in total. The van der Waals surface area contributed by atoms with Crippen molar-refractivity contribution in [2.24, 2.45) is 0 Å². The molecular weight excluding hydrogens is 260 g/mol. The fourth-order valence-electron chi connectivity index (χ4n) is 2.22. The highest BCUT2D eigenvalue weighted by atomic mass is 15.2. The number of nitrogens with one attached hydrogen (secondary N) is 1. The molecule has 0 aliphatic heterocycles. The maximum atomic E-state index is 5.58. The van der Waals surface area contributed by atoms with E-state index in [1.54, 1.807) is 6.07 Å². The van der Waals surface area contributed by atoms with Crippen LogP contribution < -0.4 is 11.1 Å². The summed E-state index contributed by atoms with van der Waals surface area (Å²) in [6.07, 6.45) is 0. The van der Waals surface area contributed by atoms with Gasteiger partial charge in [-0.25, -0.2) is 0 Å². The molecule has 0 atom stereocenters. The van der Waals surface area contributed by atoms with Crippen LogP contribution in [0.5, 0.6) is 0 Å². The minimum atomic E-state index is 0.0188. The van der Waals surface area contributed by atoms with E-state index in [2.05, 4.69) is 39.8 Å². The lowest BCUT2D eigenvalue weighted by Crippen LogP contribution is -2.13. The standard InChI is InChI=1S/C17H16N4/c18-15-11-12-16(21-20-15)19-17(13-7-3-1-4-8-13)14-9-5-2-6-10-14/h1-12,17H,(H2,18,20)(H,19,21). The topological polar surface area (TPSA) is 63.8 Å². The molecule has 1 aromatic heterocycles. The summed E-state index contributed by atoms with van der Waals surface area (Å²) >= 11 is 0. The Kier molecular flexibility index (Phi) is 3.78. The van der Waals surface area contributed by atoms with Gasteiger partial charge >= 0.3 is 0 Å². The van der Waals surface area contributed by atoms with E-state index in [9.17, 15) is 0 Å². The van der Waals surface area contributed by atoms with Crippen molar-refractivity contribution in [2.75, 3.05) is 11.1 Å². The normalized spacial score (nSPS) is 10.5. The summed E-state index contributed by atoms with van der Waals surface area (Å²) in [6.45, 7) is 0. The lowest BCUT2D eigenvalue weighted by atomic mass is 9.99. The molecule has 21 heavy (non-hydrogen) atoms. The minimum Gasteiger partial charge on any atom is -0.382 e. The molecule has 0 saturated heterocycles. The van der Waals surface area contributed by atoms with E-state index in [4.69, 9.17) is 5.73 Å². The van der Waals surface area contributed by atoms with Crippen molar-refractivity contribution >= 4 is 11.6 Å². The molecule has 3 aromatic rings. The highest BCUT2D eigenvalue weighted by molar-refractivity contribution is 5.45. The first kappa shape index (κ1) is 13.1. The Balaban J connectivity index is 1.95. The zero-order chi connectivity index (χ0) is 14.5. The molecule has 3 rings (SSSR count). The molecule has 0 fully saturated rings. The van der Waals surface area contributed by atoms with E-state index < -0.39 is 0 Å². The predicted molar refractivity (Wildman–Crippen MR) is 84.8 cm³/mol. The summed E-state index contributed by atoms with van der Waals surface area (Å²) in [6, 6.07) is 24.1. The summed E-state index contributed by atoms with van der Waals surface area (Å²) in [7, 11) is 0. The van der Waals surface area contributed by atoms with Crippen LogP contribution in [0.3, 0.4) is 0 Å². The van der Waals surface area contributed by atoms with Gasteiger partial charge in [0.15, 0.2) is 0 Å². The third-order valence-electron chi connectivity index (χ3n) is 3.24. The molecule has 0 bridgehead atoms. The van der Waals surface area contributed by atoms with E-state index >= 15 is 0 Å². The highest BCUT2D eigenvalue weighted by Gasteiger charge is 2.14. The molecule has 0 amide bonds. The smallest absolute Gasteiger partial charge is 0.149 e. The number of nitrogens with two attached hydrogens (primary N) is 1. The average molecular weight is 276 g/mol. The number of anilines is 2. The Morgan fingerprint density at radius 2 is 1.29 bits per heavy atom. The van der Waals surface area contributed by atoms with Gasteiger partial charge in [0.05, 0.1) is 6.04 Å². The van der Waals surface area contributed by atoms with E-state index in [0.29, 0.717) is 11.6 Å². The summed E-state index contributed by atoms with van der Waals surface area (Å²) < 4.78 is 0. The van der Waals surface area contributed by atoms with Crippen molar-refractivity contribution in [3.05, 3.63) is 83.9 Å². The number of hydrogen-bond donors (Lipinski definition) is 2. The molecule has 3 N–H and O–H groups in total. The van der Waals surface area contributed by atoms with Crippen LogP contribution in [0, 0.1) is 0 Å². The van der Waals surface area contributed by atoms with Gasteiger partial charge in [-0.2, -0.15) is 0 Å². The van der Waals surface area contributed by atoms with E-state index in [-0.39, 0.29) is 6.04 Å². The van der Waals surface area contributed by atoms with Crippen LogP contribution >= 0.6 is 0 Å². The highest BCUT2D eigenvalue weighted by Crippen LogP contribution is 2.25. The number of rotatable bonds is 4. The van der Waals surface area contributed by atoms with Crippen LogP contribution in [0.4, 0.5) is 11.6 Å². The summed E-state index contributed by atoms with van der Waals surface area (Å²) in [4.78, 5) is 0. The Bertz CT molecular complexity index is 642. The lowest BCUT2D eigenvalue weighted by molar-refractivity contribution is 0.907. The van der Waals surface area contributed by atoms with E-state index in [1.165, 1.54) is 11.1 Å². The first-order chi connectivity index (χ1) is 10.3. The first-order valence-corrected chi connectivity index (χ1v) is 6.78. The number of benzene rings is 2. The van der Waals surface area contributed by atoms with E-state index in [0.717, 1.165) is 0 Å². The monoisotopic (exact) mass is 276 g/mol. The molecule has 0 unspecified atom stereocenters. The van der Waals surface area contributed by atoms with Crippen molar-refractivity contribution in [3.8, 4) is 0 Å². The number of aromatic nitrogens is 2. The summed E-state index contributed by atoms with van der Waals surface area (Å²) in [5.41, 5.74) is 7.92. The van der Waals surface area contributed by atoms with Crippen molar-refractivity contribution in [2.45, 2.75) is 6.04 Å². The van der Waals surface area contributed by atoms with Crippen LogP contribution in [0.15, 0.2) is 72.8 Å². The Labute approximate surface area is 123 Å². The molecule has 0 saturated carbocycles. The van der Waals surface area contributed by atoms with Gasteiger partial charge in [-0.15, -0.1) is 10.2 Å². The SMILES string of the molecule is Nc1ccc(NC(c2ccccc2)c2ccccc2)nn1. The Hall–Kier alpha value is -2.88. The van der Waals surface area contributed by atoms with Gasteiger partial charge in [0.2, 0.25) is 0 Å². The summed E-state index contributed by atoms with van der Waals surface area (Å²) in [5.74, 6) is 1.11. The second kappa shape index (κ2) is 6.05.